The quantitative estimate of drug-likeness (QED) is 0.529. The van der Waals surface area contributed by atoms with Crippen LogP contribution in [0.5, 0.6) is 11.6 Å². The molecule has 0 amide bonds. The maximum absolute atomic E-state index is 6.21. The molecule has 4 aromatic heterocycles. The molecular weight excluding hydrogens is 332 g/mol. The molecule has 0 fully saturated rings. The first-order chi connectivity index (χ1) is 12.1. The first-order valence-corrected chi connectivity index (χ1v) is 8.78. The van der Waals surface area contributed by atoms with Crippen molar-refractivity contribution in [1.29, 1.82) is 0 Å². The molecule has 0 saturated heterocycles. The second-order valence-corrected chi connectivity index (χ2v) is 6.69. The summed E-state index contributed by atoms with van der Waals surface area (Å²) in [5.74, 6) is 1.19. The number of pyridine rings is 2. The van der Waals surface area contributed by atoms with E-state index in [1.807, 2.05) is 45.0 Å². The number of hydrogen-bond donors (Lipinski definition) is 0. The third-order valence-corrected chi connectivity index (χ3v) is 5.07. The molecule has 0 bridgehead atoms. The smallest absolute Gasteiger partial charge is 0.231 e. The minimum absolute atomic E-state index is 0.547. The fourth-order valence-electron chi connectivity index (χ4n) is 2.61. The Balaban J connectivity index is 1.88. The molecule has 0 N–H and O–H groups in total. The molecule has 4 heterocycles. The van der Waals surface area contributed by atoms with Crippen LogP contribution < -0.4 is 4.74 Å². The Morgan fingerprint density at radius 2 is 1.88 bits per heavy atom. The van der Waals surface area contributed by atoms with Crippen LogP contribution in [0.2, 0.25) is 0 Å². The third-order valence-electron chi connectivity index (χ3n) is 4.06. The van der Waals surface area contributed by atoms with Crippen LogP contribution in [-0.2, 0) is 0 Å². The number of rotatable bonds is 3. The highest BCUT2D eigenvalue weighted by molar-refractivity contribution is 7.17. The molecule has 0 atom stereocenters. The first kappa shape index (κ1) is 15.7. The lowest BCUT2D eigenvalue weighted by Crippen LogP contribution is -1.99. The Morgan fingerprint density at radius 1 is 1.00 bits per heavy atom. The van der Waals surface area contributed by atoms with Gasteiger partial charge in [-0.2, -0.15) is 0 Å². The molecule has 124 valence electrons. The maximum atomic E-state index is 6.21. The molecule has 25 heavy (non-hydrogen) atoms. The zero-order chi connectivity index (χ0) is 17.4. The lowest BCUT2D eigenvalue weighted by atomic mass is 10.1. The summed E-state index contributed by atoms with van der Waals surface area (Å²) in [6.45, 7) is 6.04. The fourth-order valence-corrected chi connectivity index (χ4v) is 3.49. The summed E-state index contributed by atoms with van der Waals surface area (Å²) >= 11 is 1.59. The molecule has 0 saturated carbocycles. The van der Waals surface area contributed by atoms with Gasteiger partial charge >= 0.3 is 0 Å². The van der Waals surface area contributed by atoms with Gasteiger partial charge in [-0.3, -0.25) is 4.98 Å². The molecule has 0 spiro atoms. The van der Waals surface area contributed by atoms with Gasteiger partial charge in [0.2, 0.25) is 5.88 Å². The monoisotopic (exact) mass is 348 g/mol. The fraction of sp³-hybridized carbons (Fsp3) is 0.158. The van der Waals surface area contributed by atoms with Crippen LogP contribution in [0.3, 0.4) is 0 Å². The van der Waals surface area contributed by atoms with E-state index in [2.05, 4.69) is 20.3 Å². The number of fused-ring (bicyclic) bond motifs is 1. The first-order valence-electron chi connectivity index (χ1n) is 7.90. The molecule has 0 aromatic carbocycles. The van der Waals surface area contributed by atoms with Gasteiger partial charge in [-0.05, 0) is 55.5 Å². The van der Waals surface area contributed by atoms with E-state index in [-0.39, 0.29) is 0 Å². The second-order valence-electron chi connectivity index (χ2n) is 5.83. The summed E-state index contributed by atoms with van der Waals surface area (Å²) in [4.78, 5) is 18.7. The number of aromatic nitrogens is 4. The van der Waals surface area contributed by atoms with Crippen LogP contribution >= 0.6 is 11.3 Å². The van der Waals surface area contributed by atoms with E-state index in [1.165, 1.54) is 6.33 Å². The average Bonchev–Trinajstić information content (AvgIpc) is 3.01. The number of hydrogen-bond acceptors (Lipinski definition) is 6. The Bertz CT molecular complexity index is 1060. The molecule has 0 aliphatic rings. The van der Waals surface area contributed by atoms with Crippen LogP contribution in [-0.4, -0.2) is 19.9 Å². The highest BCUT2D eigenvalue weighted by atomic mass is 32.1. The van der Waals surface area contributed by atoms with Gasteiger partial charge in [-0.15, -0.1) is 11.3 Å². The van der Waals surface area contributed by atoms with Gasteiger partial charge in [0.05, 0.1) is 11.1 Å². The van der Waals surface area contributed by atoms with E-state index in [9.17, 15) is 0 Å². The SMILES string of the molecule is Cc1cc(Oc2ncnc3scc(C)c23)c(-c2ccccn2)nc1C. The molecular formula is C19H16N4OS. The van der Waals surface area contributed by atoms with E-state index < -0.39 is 0 Å². The van der Waals surface area contributed by atoms with Crippen molar-refractivity contribution in [3.05, 3.63) is 59.0 Å². The highest BCUT2D eigenvalue weighted by Crippen LogP contribution is 2.36. The van der Waals surface area contributed by atoms with E-state index in [1.54, 1.807) is 17.5 Å². The van der Waals surface area contributed by atoms with Crippen molar-refractivity contribution in [2.24, 2.45) is 0 Å². The summed E-state index contributed by atoms with van der Waals surface area (Å²) in [5, 5.41) is 3.00. The third kappa shape index (κ3) is 2.85. The Morgan fingerprint density at radius 3 is 2.68 bits per heavy atom. The molecule has 0 unspecified atom stereocenters. The van der Waals surface area contributed by atoms with Crippen LogP contribution in [0.15, 0.2) is 42.2 Å². The topological polar surface area (TPSA) is 60.8 Å². The minimum Gasteiger partial charge on any atom is -0.436 e. The molecule has 4 rings (SSSR count). The van der Waals surface area contributed by atoms with Crippen molar-refractivity contribution < 1.29 is 4.74 Å². The van der Waals surface area contributed by atoms with E-state index in [0.29, 0.717) is 17.3 Å². The Kier molecular flexibility index (Phi) is 3.89. The summed E-state index contributed by atoms with van der Waals surface area (Å²) in [6, 6.07) is 7.74. The van der Waals surface area contributed by atoms with E-state index in [0.717, 1.165) is 32.7 Å². The van der Waals surface area contributed by atoms with Gasteiger partial charge in [-0.1, -0.05) is 6.07 Å². The lowest BCUT2D eigenvalue weighted by molar-refractivity contribution is 0.467. The van der Waals surface area contributed by atoms with Crippen molar-refractivity contribution in [1.82, 2.24) is 19.9 Å². The number of nitrogens with zero attached hydrogens (tertiary/aromatic N) is 4. The van der Waals surface area contributed by atoms with Crippen LogP contribution in [0, 0.1) is 20.8 Å². The average molecular weight is 348 g/mol. The summed E-state index contributed by atoms with van der Waals surface area (Å²) in [6.07, 6.45) is 3.28. The lowest BCUT2D eigenvalue weighted by Gasteiger charge is -2.13. The Labute approximate surface area is 149 Å². The molecule has 4 aromatic rings. The number of thiophene rings is 1. The van der Waals surface area contributed by atoms with Crippen LogP contribution in [0.1, 0.15) is 16.8 Å². The van der Waals surface area contributed by atoms with Gasteiger partial charge in [0, 0.05) is 11.9 Å². The van der Waals surface area contributed by atoms with E-state index >= 15 is 0 Å². The van der Waals surface area contributed by atoms with Crippen LogP contribution in [0.4, 0.5) is 0 Å². The molecule has 0 radical (unpaired) electrons. The van der Waals surface area contributed by atoms with Crippen molar-refractivity contribution in [3.63, 3.8) is 0 Å². The van der Waals surface area contributed by atoms with Gasteiger partial charge in [0.15, 0.2) is 5.75 Å². The molecule has 6 heteroatoms. The summed E-state index contributed by atoms with van der Waals surface area (Å²) in [7, 11) is 0. The molecule has 5 nitrogen and oxygen atoms in total. The van der Waals surface area contributed by atoms with Gasteiger partial charge in [0.25, 0.3) is 0 Å². The second kappa shape index (κ2) is 6.22. The van der Waals surface area contributed by atoms with Crippen molar-refractivity contribution in [2.45, 2.75) is 20.8 Å². The van der Waals surface area contributed by atoms with Crippen LogP contribution in [0.25, 0.3) is 21.6 Å². The summed E-state index contributed by atoms with van der Waals surface area (Å²) in [5.41, 5.74) is 4.60. The molecule has 0 aliphatic heterocycles. The Hall–Kier alpha value is -2.86. The van der Waals surface area contributed by atoms with Gasteiger partial charge in [-0.25, -0.2) is 15.0 Å². The standard InChI is InChI=1S/C19H16N4OS/c1-11-8-15(17(23-13(11)3)14-6-4-5-7-20-14)24-18-16-12(2)9-25-19(16)22-10-21-18/h4-10H,1-3H3. The predicted molar refractivity (Wildman–Crippen MR) is 99.2 cm³/mol. The number of aryl methyl sites for hydroxylation is 3. The minimum atomic E-state index is 0.547. The van der Waals surface area contributed by atoms with Gasteiger partial charge in [0.1, 0.15) is 16.9 Å². The predicted octanol–water partition coefficient (Wildman–Crippen LogP) is 4.87. The number of ether oxygens (including phenoxy) is 1. The zero-order valence-corrected chi connectivity index (χ0v) is 15.0. The largest absolute Gasteiger partial charge is 0.436 e. The maximum Gasteiger partial charge on any atom is 0.231 e. The molecule has 0 aliphatic carbocycles. The van der Waals surface area contributed by atoms with Crippen molar-refractivity contribution in [2.75, 3.05) is 0 Å². The zero-order valence-electron chi connectivity index (χ0n) is 14.1. The van der Waals surface area contributed by atoms with Crippen molar-refractivity contribution >= 4 is 21.6 Å². The summed E-state index contributed by atoms with van der Waals surface area (Å²) < 4.78 is 6.21. The van der Waals surface area contributed by atoms with Crippen molar-refractivity contribution in [3.8, 4) is 23.0 Å². The van der Waals surface area contributed by atoms with E-state index in [4.69, 9.17) is 9.72 Å². The van der Waals surface area contributed by atoms with Gasteiger partial charge < -0.3 is 4.74 Å². The highest BCUT2D eigenvalue weighted by Gasteiger charge is 2.16. The normalized spacial score (nSPS) is 11.0.